The molecule has 0 saturated carbocycles. The van der Waals surface area contributed by atoms with E-state index in [4.69, 9.17) is 25.2 Å². The van der Waals surface area contributed by atoms with Gasteiger partial charge in [0.1, 0.15) is 12.7 Å². The number of carbonyl (C=O) groups excluding carboxylic acids is 1. The number of ether oxygens (including phenoxy) is 1. The highest BCUT2D eigenvalue weighted by Gasteiger charge is 2.07. The summed E-state index contributed by atoms with van der Waals surface area (Å²) in [6.07, 6.45) is 16.2. The van der Waals surface area contributed by atoms with Gasteiger partial charge in [-0.2, -0.15) is 0 Å². The van der Waals surface area contributed by atoms with E-state index in [2.05, 4.69) is 19.1 Å². The standard InChI is InChI=1S/C21H40O5.C2H6O2/c1-2-3-4-11-14-19(23)15-12-9-7-5-6-8-10-13-16-21(25)26-18-20(24)17-22;3-1-2-4/h9,12,19-20,22-24H,2-8,10-11,13-18H2,1H3;3-4H,1-2H2/b12-9-;. The number of unbranched alkanes of at least 4 members (excludes halogenated alkanes) is 8. The van der Waals surface area contributed by atoms with E-state index >= 15 is 0 Å². The first-order chi connectivity index (χ1) is 14.5. The van der Waals surface area contributed by atoms with Crippen molar-refractivity contribution in [2.24, 2.45) is 0 Å². The lowest BCUT2D eigenvalue weighted by Crippen LogP contribution is -2.21. The van der Waals surface area contributed by atoms with Gasteiger partial charge in [-0.1, -0.05) is 64.0 Å². The molecule has 0 saturated heterocycles. The second-order valence-electron chi connectivity index (χ2n) is 7.48. The first kappa shape index (κ1) is 31.2. The Morgan fingerprint density at radius 2 is 1.47 bits per heavy atom. The third-order valence-corrected chi connectivity index (χ3v) is 4.46. The number of esters is 1. The van der Waals surface area contributed by atoms with E-state index in [-0.39, 0.29) is 38.5 Å². The van der Waals surface area contributed by atoms with E-state index in [1.165, 1.54) is 19.3 Å². The van der Waals surface area contributed by atoms with Gasteiger partial charge in [-0.25, -0.2) is 0 Å². The first-order valence-electron chi connectivity index (χ1n) is 11.5. The molecule has 30 heavy (non-hydrogen) atoms. The van der Waals surface area contributed by atoms with Crippen LogP contribution in [0.15, 0.2) is 12.2 Å². The van der Waals surface area contributed by atoms with Crippen LogP contribution in [0.5, 0.6) is 0 Å². The monoisotopic (exact) mass is 434 g/mol. The van der Waals surface area contributed by atoms with Gasteiger partial charge in [0, 0.05) is 6.42 Å². The van der Waals surface area contributed by atoms with Crippen LogP contribution in [0.25, 0.3) is 0 Å². The molecule has 0 heterocycles. The fourth-order valence-corrected chi connectivity index (χ4v) is 2.67. The van der Waals surface area contributed by atoms with Crippen molar-refractivity contribution in [3.05, 3.63) is 12.2 Å². The Bertz CT molecular complexity index is 373. The van der Waals surface area contributed by atoms with Gasteiger partial charge in [-0.05, 0) is 32.1 Å². The van der Waals surface area contributed by atoms with Gasteiger partial charge in [0.2, 0.25) is 0 Å². The van der Waals surface area contributed by atoms with Gasteiger partial charge in [0.15, 0.2) is 0 Å². The smallest absolute Gasteiger partial charge is 0.305 e. The zero-order valence-electron chi connectivity index (χ0n) is 18.9. The number of hydrogen-bond donors (Lipinski definition) is 5. The van der Waals surface area contributed by atoms with Crippen LogP contribution >= 0.6 is 0 Å². The summed E-state index contributed by atoms with van der Waals surface area (Å²) >= 11 is 0. The van der Waals surface area contributed by atoms with Crippen LogP contribution in [0, 0.1) is 0 Å². The van der Waals surface area contributed by atoms with Gasteiger partial charge in [0.05, 0.1) is 25.9 Å². The van der Waals surface area contributed by atoms with Crippen molar-refractivity contribution >= 4 is 5.97 Å². The average molecular weight is 435 g/mol. The molecule has 7 heteroatoms. The third-order valence-electron chi connectivity index (χ3n) is 4.46. The van der Waals surface area contributed by atoms with Crippen molar-refractivity contribution in [1.82, 2.24) is 0 Å². The number of aliphatic hydroxyl groups excluding tert-OH is 5. The van der Waals surface area contributed by atoms with E-state index in [0.29, 0.717) is 6.42 Å². The highest BCUT2D eigenvalue weighted by atomic mass is 16.5. The molecule has 0 spiro atoms. The summed E-state index contributed by atoms with van der Waals surface area (Å²) < 4.78 is 4.84. The van der Waals surface area contributed by atoms with Crippen molar-refractivity contribution in [3.8, 4) is 0 Å². The van der Waals surface area contributed by atoms with Crippen LogP contribution in [0.4, 0.5) is 0 Å². The van der Waals surface area contributed by atoms with Crippen LogP contribution in [0.3, 0.4) is 0 Å². The molecule has 180 valence electrons. The summed E-state index contributed by atoms with van der Waals surface area (Å²) in [5, 5.41) is 42.8. The Morgan fingerprint density at radius 1 is 0.833 bits per heavy atom. The lowest BCUT2D eigenvalue weighted by molar-refractivity contribution is -0.147. The Kier molecular flexibility index (Phi) is 27.1. The fraction of sp³-hybridized carbons (Fsp3) is 0.870. The van der Waals surface area contributed by atoms with Gasteiger partial charge < -0.3 is 30.3 Å². The van der Waals surface area contributed by atoms with Crippen LogP contribution in [-0.4, -0.2) is 70.1 Å². The second kappa shape index (κ2) is 26.0. The molecule has 0 bridgehead atoms. The molecular formula is C23H46O7. The molecule has 0 radical (unpaired) electrons. The van der Waals surface area contributed by atoms with E-state index in [9.17, 15) is 9.90 Å². The number of allylic oxidation sites excluding steroid dienone is 1. The van der Waals surface area contributed by atoms with Crippen LogP contribution < -0.4 is 0 Å². The number of carbonyl (C=O) groups is 1. The SMILES string of the molecule is CCCCCCC(O)C/C=C\CCCCCCCC(=O)OCC(O)CO.OCCO. The van der Waals surface area contributed by atoms with Crippen molar-refractivity contribution in [2.75, 3.05) is 26.4 Å². The molecule has 0 aromatic heterocycles. The summed E-state index contributed by atoms with van der Waals surface area (Å²) in [4.78, 5) is 11.4. The molecule has 2 unspecified atom stereocenters. The average Bonchev–Trinajstić information content (AvgIpc) is 2.76. The van der Waals surface area contributed by atoms with E-state index in [0.717, 1.165) is 57.8 Å². The third kappa shape index (κ3) is 27.0. The van der Waals surface area contributed by atoms with Gasteiger partial charge in [0.25, 0.3) is 0 Å². The van der Waals surface area contributed by atoms with E-state index in [1.54, 1.807) is 0 Å². The Labute approximate surface area is 182 Å². The van der Waals surface area contributed by atoms with Crippen molar-refractivity contribution in [3.63, 3.8) is 0 Å². The van der Waals surface area contributed by atoms with Crippen molar-refractivity contribution in [1.29, 1.82) is 0 Å². The maximum atomic E-state index is 11.4. The molecule has 0 fully saturated rings. The maximum absolute atomic E-state index is 11.4. The molecule has 0 rings (SSSR count). The Hall–Kier alpha value is -0.990. The normalized spacial score (nSPS) is 13.0. The fourth-order valence-electron chi connectivity index (χ4n) is 2.67. The summed E-state index contributed by atoms with van der Waals surface area (Å²) in [5.41, 5.74) is 0. The van der Waals surface area contributed by atoms with Gasteiger partial charge >= 0.3 is 5.97 Å². The molecule has 0 aliphatic carbocycles. The van der Waals surface area contributed by atoms with Crippen LogP contribution in [0.2, 0.25) is 0 Å². The minimum atomic E-state index is -0.978. The molecule has 7 nitrogen and oxygen atoms in total. The lowest BCUT2D eigenvalue weighted by Gasteiger charge is -2.08. The molecule has 0 aromatic rings. The zero-order valence-corrected chi connectivity index (χ0v) is 18.9. The second-order valence-corrected chi connectivity index (χ2v) is 7.48. The first-order valence-corrected chi connectivity index (χ1v) is 11.5. The summed E-state index contributed by atoms with van der Waals surface area (Å²) in [6, 6.07) is 0. The summed E-state index contributed by atoms with van der Waals surface area (Å²) in [7, 11) is 0. The maximum Gasteiger partial charge on any atom is 0.305 e. The predicted molar refractivity (Wildman–Crippen MR) is 119 cm³/mol. The molecule has 0 aliphatic heterocycles. The predicted octanol–water partition coefficient (Wildman–Crippen LogP) is 2.86. The highest BCUT2D eigenvalue weighted by molar-refractivity contribution is 5.69. The molecular weight excluding hydrogens is 388 g/mol. The lowest BCUT2D eigenvalue weighted by atomic mass is 10.1. The Morgan fingerprint density at radius 3 is 2.10 bits per heavy atom. The minimum absolute atomic E-state index is 0.125. The molecule has 5 N–H and O–H groups in total. The minimum Gasteiger partial charge on any atom is -0.463 e. The van der Waals surface area contributed by atoms with Crippen LogP contribution in [0.1, 0.15) is 90.4 Å². The summed E-state index contributed by atoms with van der Waals surface area (Å²) in [5.74, 6) is -0.311. The number of aliphatic hydroxyl groups is 5. The topological polar surface area (TPSA) is 127 Å². The van der Waals surface area contributed by atoms with Crippen LogP contribution in [-0.2, 0) is 9.53 Å². The van der Waals surface area contributed by atoms with E-state index < -0.39 is 6.10 Å². The van der Waals surface area contributed by atoms with E-state index in [1.807, 2.05) is 0 Å². The van der Waals surface area contributed by atoms with Crippen molar-refractivity contribution < 1.29 is 35.1 Å². The quantitative estimate of drug-likeness (QED) is 0.120. The number of hydrogen-bond acceptors (Lipinski definition) is 7. The Balaban J connectivity index is 0. The zero-order chi connectivity index (χ0) is 22.9. The summed E-state index contributed by atoms with van der Waals surface area (Å²) in [6.45, 7) is 1.43. The largest absolute Gasteiger partial charge is 0.463 e. The highest BCUT2D eigenvalue weighted by Crippen LogP contribution is 2.10. The molecule has 0 aliphatic rings. The molecule has 0 amide bonds. The number of rotatable bonds is 19. The molecule has 0 aromatic carbocycles. The van der Waals surface area contributed by atoms with Gasteiger partial charge in [-0.3, -0.25) is 4.79 Å². The van der Waals surface area contributed by atoms with Crippen molar-refractivity contribution in [2.45, 2.75) is 103 Å². The molecule has 2 atom stereocenters. The van der Waals surface area contributed by atoms with Gasteiger partial charge in [-0.15, -0.1) is 0 Å².